The van der Waals surface area contributed by atoms with Gasteiger partial charge in [-0.05, 0) is 67.5 Å². The summed E-state index contributed by atoms with van der Waals surface area (Å²) in [4.78, 5) is 13.4. The number of anilines is 1. The van der Waals surface area contributed by atoms with Gasteiger partial charge in [-0.25, -0.2) is 8.42 Å². The molecule has 0 atom stereocenters. The number of hydrogen-bond acceptors (Lipinski definition) is 4. The Morgan fingerprint density at radius 3 is 2.45 bits per heavy atom. The summed E-state index contributed by atoms with van der Waals surface area (Å²) in [5.74, 6) is 0.450. The van der Waals surface area contributed by atoms with Gasteiger partial charge in [0.15, 0.2) is 0 Å². The van der Waals surface area contributed by atoms with Gasteiger partial charge in [-0.3, -0.25) is 9.10 Å². The Bertz CT molecular complexity index is 1150. The summed E-state index contributed by atoms with van der Waals surface area (Å²) in [6, 6.07) is 14.3. The van der Waals surface area contributed by atoms with Crippen LogP contribution in [0.25, 0.3) is 10.1 Å². The Morgan fingerprint density at radius 2 is 1.81 bits per heavy atom. The van der Waals surface area contributed by atoms with E-state index in [1.807, 2.05) is 50.2 Å². The van der Waals surface area contributed by atoms with Crippen molar-refractivity contribution >= 4 is 43.0 Å². The van der Waals surface area contributed by atoms with Crippen LogP contribution >= 0.6 is 11.3 Å². The fraction of sp³-hybridized carbons (Fsp3) is 0.375. The van der Waals surface area contributed by atoms with Crippen LogP contribution in [-0.4, -0.2) is 27.4 Å². The lowest BCUT2D eigenvalue weighted by atomic mass is 10.1. The summed E-state index contributed by atoms with van der Waals surface area (Å²) >= 11 is 1.42. The van der Waals surface area contributed by atoms with Gasteiger partial charge in [0.1, 0.15) is 0 Å². The molecule has 0 fully saturated rings. The second kappa shape index (κ2) is 9.83. The molecule has 0 saturated carbocycles. The highest BCUT2D eigenvalue weighted by atomic mass is 32.2. The number of hydrogen-bond donors (Lipinski definition) is 1. The predicted molar refractivity (Wildman–Crippen MR) is 130 cm³/mol. The molecule has 31 heavy (non-hydrogen) atoms. The Kier molecular flexibility index (Phi) is 7.38. The molecule has 2 aromatic carbocycles. The molecule has 0 aliphatic rings. The molecule has 0 unspecified atom stereocenters. The van der Waals surface area contributed by atoms with Crippen LogP contribution in [-0.2, 0) is 10.0 Å². The first-order valence-corrected chi connectivity index (χ1v) is 12.9. The highest BCUT2D eigenvalue weighted by molar-refractivity contribution is 7.92. The molecule has 3 aromatic rings. The van der Waals surface area contributed by atoms with Gasteiger partial charge in [-0.1, -0.05) is 38.5 Å². The first kappa shape index (κ1) is 23.3. The fourth-order valence-electron chi connectivity index (χ4n) is 3.29. The van der Waals surface area contributed by atoms with Crippen molar-refractivity contribution in [2.45, 2.75) is 45.4 Å². The number of carbonyl (C=O) groups is 1. The number of rotatable bonds is 9. The molecule has 1 amide bonds. The number of aryl methyl sites for hydroxylation is 1. The van der Waals surface area contributed by atoms with Gasteiger partial charge in [0.25, 0.3) is 15.9 Å². The molecule has 0 spiro atoms. The molecule has 0 aliphatic carbocycles. The average Bonchev–Trinajstić information content (AvgIpc) is 3.15. The van der Waals surface area contributed by atoms with Crippen LogP contribution in [0.5, 0.6) is 0 Å². The average molecular weight is 459 g/mol. The van der Waals surface area contributed by atoms with Gasteiger partial charge in [0.2, 0.25) is 0 Å². The number of nitrogens with zero attached hydrogens (tertiary/aromatic N) is 1. The zero-order valence-corrected chi connectivity index (χ0v) is 20.1. The summed E-state index contributed by atoms with van der Waals surface area (Å²) in [6.07, 6.45) is 1.62. The van der Waals surface area contributed by atoms with Crippen LogP contribution in [0.15, 0.2) is 53.4 Å². The van der Waals surface area contributed by atoms with Crippen LogP contribution in [0.1, 0.15) is 48.8 Å². The van der Waals surface area contributed by atoms with E-state index in [1.165, 1.54) is 15.6 Å². The minimum atomic E-state index is -3.67. The molecule has 1 aromatic heterocycles. The fourth-order valence-corrected chi connectivity index (χ4v) is 5.80. The van der Waals surface area contributed by atoms with E-state index in [1.54, 1.807) is 12.1 Å². The summed E-state index contributed by atoms with van der Waals surface area (Å²) in [7, 11) is -3.67. The van der Waals surface area contributed by atoms with E-state index in [-0.39, 0.29) is 10.8 Å². The highest BCUT2D eigenvalue weighted by Crippen LogP contribution is 2.32. The van der Waals surface area contributed by atoms with E-state index < -0.39 is 10.0 Å². The SMILES string of the molecule is CCCN(c1ccc2sc(C(=O)NCCC(C)C)cc2c1)S(=O)(=O)c1ccc(C)cc1. The maximum atomic E-state index is 13.3. The second-order valence-electron chi connectivity index (χ2n) is 8.16. The summed E-state index contributed by atoms with van der Waals surface area (Å²) in [6.45, 7) is 9.17. The van der Waals surface area contributed by atoms with Crippen LogP contribution in [0.2, 0.25) is 0 Å². The molecule has 0 bridgehead atoms. The van der Waals surface area contributed by atoms with Gasteiger partial charge < -0.3 is 5.32 Å². The van der Waals surface area contributed by atoms with Crippen molar-refractivity contribution in [3.8, 4) is 0 Å². The van der Waals surface area contributed by atoms with E-state index in [2.05, 4.69) is 19.2 Å². The topological polar surface area (TPSA) is 66.5 Å². The van der Waals surface area contributed by atoms with Crippen molar-refractivity contribution in [2.75, 3.05) is 17.4 Å². The summed E-state index contributed by atoms with van der Waals surface area (Å²) < 4.78 is 29.1. The first-order chi connectivity index (χ1) is 14.7. The molecule has 0 saturated heterocycles. The van der Waals surface area contributed by atoms with Crippen LogP contribution in [0.4, 0.5) is 5.69 Å². The highest BCUT2D eigenvalue weighted by Gasteiger charge is 2.24. The van der Waals surface area contributed by atoms with Gasteiger partial charge in [-0.15, -0.1) is 11.3 Å². The van der Waals surface area contributed by atoms with Gasteiger partial charge in [-0.2, -0.15) is 0 Å². The summed E-state index contributed by atoms with van der Waals surface area (Å²) in [5.41, 5.74) is 1.62. The molecule has 0 aliphatic heterocycles. The van der Waals surface area contributed by atoms with E-state index in [4.69, 9.17) is 0 Å². The third kappa shape index (κ3) is 5.46. The predicted octanol–water partition coefficient (Wildman–Crippen LogP) is 5.59. The molecule has 0 radical (unpaired) electrons. The number of carbonyl (C=O) groups excluding carboxylic acids is 1. The Hall–Kier alpha value is -2.38. The van der Waals surface area contributed by atoms with Crippen LogP contribution in [0.3, 0.4) is 0 Å². The lowest BCUT2D eigenvalue weighted by Gasteiger charge is -2.24. The molecule has 166 valence electrons. The molecule has 5 nitrogen and oxygen atoms in total. The Balaban J connectivity index is 1.90. The molecular weight excluding hydrogens is 428 g/mol. The van der Waals surface area contributed by atoms with Crippen molar-refractivity contribution in [2.24, 2.45) is 5.92 Å². The number of sulfonamides is 1. The van der Waals surface area contributed by atoms with Crippen molar-refractivity contribution in [1.29, 1.82) is 0 Å². The van der Waals surface area contributed by atoms with Crippen molar-refractivity contribution in [3.05, 3.63) is 59.0 Å². The Morgan fingerprint density at radius 1 is 1.10 bits per heavy atom. The second-order valence-corrected chi connectivity index (χ2v) is 11.1. The smallest absolute Gasteiger partial charge is 0.264 e. The molecule has 1 heterocycles. The van der Waals surface area contributed by atoms with Crippen LogP contribution in [0, 0.1) is 12.8 Å². The monoisotopic (exact) mass is 458 g/mol. The molecule has 3 rings (SSSR count). The molecular formula is C24H30N2O3S2. The third-order valence-corrected chi connectivity index (χ3v) is 8.01. The van der Waals surface area contributed by atoms with E-state index >= 15 is 0 Å². The Labute approximate surface area is 189 Å². The lowest BCUT2D eigenvalue weighted by molar-refractivity contribution is 0.0956. The van der Waals surface area contributed by atoms with E-state index in [9.17, 15) is 13.2 Å². The van der Waals surface area contributed by atoms with Gasteiger partial charge in [0, 0.05) is 17.8 Å². The number of fused-ring (bicyclic) bond motifs is 1. The van der Waals surface area contributed by atoms with Crippen molar-refractivity contribution < 1.29 is 13.2 Å². The number of thiophene rings is 1. The number of amides is 1. The maximum absolute atomic E-state index is 13.3. The van der Waals surface area contributed by atoms with Crippen molar-refractivity contribution in [3.63, 3.8) is 0 Å². The minimum absolute atomic E-state index is 0.0823. The first-order valence-electron chi connectivity index (χ1n) is 10.6. The zero-order chi connectivity index (χ0) is 22.6. The molecule has 1 N–H and O–H groups in total. The van der Waals surface area contributed by atoms with Gasteiger partial charge in [0.05, 0.1) is 15.5 Å². The van der Waals surface area contributed by atoms with E-state index in [0.29, 0.717) is 36.0 Å². The normalized spacial score (nSPS) is 11.8. The summed E-state index contributed by atoms with van der Waals surface area (Å²) in [5, 5.41) is 3.84. The van der Waals surface area contributed by atoms with Crippen LogP contribution < -0.4 is 9.62 Å². The standard InChI is InChI=1S/C24H30N2O3S2/c1-5-14-26(31(28,29)21-9-6-18(4)7-10-21)20-8-11-22-19(15-20)16-23(30-22)24(27)25-13-12-17(2)3/h6-11,15-17H,5,12-14H2,1-4H3,(H,25,27). The number of nitrogens with one attached hydrogen (secondary N) is 1. The zero-order valence-electron chi connectivity index (χ0n) is 18.5. The third-order valence-electron chi connectivity index (χ3n) is 5.05. The molecule has 7 heteroatoms. The van der Waals surface area contributed by atoms with Crippen molar-refractivity contribution in [1.82, 2.24) is 5.32 Å². The maximum Gasteiger partial charge on any atom is 0.264 e. The van der Waals surface area contributed by atoms with E-state index in [0.717, 1.165) is 22.1 Å². The quantitative estimate of drug-likeness (QED) is 0.454. The number of benzene rings is 2. The minimum Gasteiger partial charge on any atom is -0.351 e. The lowest BCUT2D eigenvalue weighted by Crippen LogP contribution is -2.31. The van der Waals surface area contributed by atoms with Gasteiger partial charge >= 0.3 is 0 Å². The largest absolute Gasteiger partial charge is 0.351 e.